The van der Waals surface area contributed by atoms with Crippen molar-refractivity contribution in [3.63, 3.8) is 0 Å². The second-order valence-electron chi connectivity index (χ2n) is 5.38. The number of halogens is 2. The van der Waals surface area contributed by atoms with Crippen LogP contribution in [0.25, 0.3) is 0 Å². The van der Waals surface area contributed by atoms with Gasteiger partial charge in [0.2, 0.25) is 5.91 Å². The molecule has 0 saturated carbocycles. The minimum absolute atomic E-state index is 0.0718. The highest BCUT2D eigenvalue weighted by molar-refractivity contribution is 9.09. The van der Waals surface area contributed by atoms with E-state index in [9.17, 15) is 4.79 Å². The molecule has 0 radical (unpaired) electrons. The molecule has 1 aliphatic heterocycles. The summed E-state index contributed by atoms with van der Waals surface area (Å²) in [6.07, 6.45) is 0.480. The van der Waals surface area contributed by atoms with Gasteiger partial charge in [-0.1, -0.05) is 45.7 Å². The van der Waals surface area contributed by atoms with Gasteiger partial charge in [0.25, 0.3) is 0 Å². The van der Waals surface area contributed by atoms with E-state index in [1.54, 1.807) is 4.90 Å². The maximum Gasteiger partial charge on any atom is 0.231 e. The average Bonchev–Trinajstić information content (AvgIpc) is 2.75. The Balaban J connectivity index is 2.00. The van der Waals surface area contributed by atoms with E-state index in [4.69, 9.17) is 11.6 Å². The summed E-state index contributed by atoms with van der Waals surface area (Å²) in [7, 11) is 1.82. The van der Waals surface area contributed by atoms with Crippen LogP contribution >= 0.6 is 27.5 Å². The van der Waals surface area contributed by atoms with Crippen LogP contribution in [0.3, 0.4) is 0 Å². The van der Waals surface area contributed by atoms with Gasteiger partial charge in [0, 0.05) is 17.8 Å². The van der Waals surface area contributed by atoms with Gasteiger partial charge in [-0.25, -0.2) is 0 Å². The zero-order valence-corrected chi connectivity index (χ0v) is 14.2. The summed E-state index contributed by atoms with van der Waals surface area (Å²) in [6.45, 7) is 2.07. The number of hydrogen-bond acceptors (Lipinski definition) is 1. The number of nitrogens with zero attached hydrogens (tertiary/aromatic N) is 1. The largest absolute Gasteiger partial charge is 0.315 e. The monoisotopic (exact) mass is 363 g/mol. The molecule has 2 aromatic rings. The Bertz CT molecular complexity index is 729. The van der Waals surface area contributed by atoms with Crippen molar-refractivity contribution in [3.05, 3.63) is 63.7 Å². The smallest absolute Gasteiger partial charge is 0.231 e. The lowest BCUT2D eigenvalue weighted by atomic mass is 9.98. The highest BCUT2D eigenvalue weighted by atomic mass is 79.9. The maximum atomic E-state index is 11.8. The number of benzene rings is 2. The van der Waals surface area contributed by atoms with E-state index in [1.165, 1.54) is 5.56 Å². The lowest BCUT2D eigenvalue weighted by Crippen LogP contribution is -2.20. The Morgan fingerprint density at radius 3 is 2.76 bits per heavy atom. The van der Waals surface area contributed by atoms with E-state index in [1.807, 2.05) is 31.3 Å². The zero-order chi connectivity index (χ0) is 15.1. The number of rotatable bonds is 2. The normalized spacial score (nSPS) is 15.2. The number of amides is 1. The Morgan fingerprint density at radius 2 is 2.00 bits per heavy atom. The Hall–Kier alpha value is -1.32. The van der Waals surface area contributed by atoms with Crippen LogP contribution < -0.4 is 4.90 Å². The molecule has 1 atom stereocenters. The fraction of sp³-hybridized carbons (Fsp3) is 0.235. The van der Waals surface area contributed by atoms with Gasteiger partial charge in [-0.3, -0.25) is 4.79 Å². The number of likely N-dealkylation sites (N-methyl/N-ethyl adjacent to an activating group) is 1. The molecule has 21 heavy (non-hydrogen) atoms. The first-order valence-electron chi connectivity index (χ1n) is 6.77. The fourth-order valence-corrected chi connectivity index (χ4v) is 3.67. The third-order valence-corrected chi connectivity index (χ3v) is 5.24. The molecule has 2 aromatic carbocycles. The third kappa shape index (κ3) is 2.60. The number of alkyl halides is 1. The third-order valence-electron chi connectivity index (χ3n) is 3.99. The van der Waals surface area contributed by atoms with Crippen LogP contribution in [0.1, 0.15) is 27.1 Å². The first kappa shape index (κ1) is 14.6. The van der Waals surface area contributed by atoms with Gasteiger partial charge in [0.15, 0.2) is 0 Å². The predicted octanol–water partition coefficient (Wildman–Crippen LogP) is 4.65. The topological polar surface area (TPSA) is 20.3 Å². The first-order valence-corrected chi connectivity index (χ1v) is 8.06. The SMILES string of the molecule is Cc1ccc(Cl)cc1C(Br)c1ccc2c(c1)CC(=O)N2C. The van der Waals surface area contributed by atoms with Gasteiger partial charge in [-0.2, -0.15) is 0 Å². The van der Waals surface area contributed by atoms with Gasteiger partial charge >= 0.3 is 0 Å². The minimum Gasteiger partial charge on any atom is -0.315 e. The van der Waals surface area contributed by atoms with E-state index >= 15 is 0 Å². The molecule has 1 unspecified atom stereocenters. The van der Waals surface area contributed by atoms with Crippen molar-refractivity contribution in [1.82, 2.24) is 0 Å². The summed E-state index contributed by atoms with van der Waals surface area (Å²) in [5, 5.41) is 0.733. The standard InChI is InChI=1S/C17H15BrClNO/c1-10-3-5-13(19)9-14(10)17(18)11-4-6-15-12(7-11)8-16(21)20(15)2/h3-7,9,17H,8H2,1-2H3. The van der Waals surface area contributed by atoms with Crippen molar-refractivity contribution >= 4 is 39.1 Å². The minimum atomic E-state index is 0.0718. The van der Waals surface area contributed by atoms with Crippen LogP contribution in [0.2, 0.25) is 5.02 Å². The summed E-state index contributed by atoms with van der Waals surface area (Å²) < 4.78 is 0. The summed E-state index contributed by atoms with van der Waals surface area (Å²) in [5.74, 6) is 0.146. The van der Waals surface area contributed by atoms with Crippen molar-refractivity contribution in [1.29, 1.82) is 0 Å². The zero-order valence-electron chi connectivity index (χ0n) is 11.9. The van der Waals surface area contributed by atoms with Crippen LogP contribution in [0.15, 0.2) is 36.4 Å². The van der Waals surface area contributed by atoms with Gasteiger partial charge in [-0.05, 0) is 47.4 Å². The molecular weight excluding hydrogens is 350 g/mol. The van der Waals surface area contributed by atoms with Crippen molar-refractivity contribution in [2.24, 2.45) is 0 Å². The van der Waals surface area contributed by atoms with Crippen LogP contribution in [0.4, 0.5) is 5.69 Å². The molecular formula is C17H15BrClNO. The molecule has 2 nitrogen and oxygen atoms in total. The van der Waals surface area contributed by atoms with E-state index in [0.29, 0.717) is 6.42 Å². The number of hydrogen-bond donors (Lipinski definition) is 0. The highest BCUT2D eigenvalue weighted by Crippen LogP contribution is 2.37. The second-order valence-corrected chi connectivity index (χ2v) is 6.73. The van der Waals surface area contributed by atoms with Crippen LogP contribution in [0, 0.1) is 6.92 Å². The molecule has 1 amide bonds. The Kier molecular flexibility index (Phi) is 3.80. The maximum absolute atomic E-state index is 11.8. The van der Waals surface area contributed by atoms with Crippen LogP contribution in [0.5, 0.6) is 0 Å². The molecule has 0 fully saturated rings. The fourth-order valence-electron chi connectivity index (χ4n) is 2.71. The van der Waals surface area contributed by atoms with Gasteiger partial charge in [-0.15, -0.1) is 0 Å². The summed E-state index contributed by atoms with van der Waals surface area (Å²) in [4.78, 5) is 13.6. The van der Waals surface area contributed by atoms with E-state index in [2.05, 4.69) is 35.0 Å². The second kappa shape index (κ2) is 5.47. The lowest BCUT2D eigenvalue weighted by molar-refractivity contribution is -0.117. The molecule has 108 valence electrons. The summed E-state index contributed by atoms with van der Waals surface area (Å²) in [6, 6.07) is 12.1. The van der Waals surface area contributed by atoms with E-state index in [-0.39, 0.29) is 10.7 Å². The number of carbonyl (C=O) groups is 1. The van der Waals surface area contributed by atoms with Crippen LogP contribution in [-0.4, -0.2) is 13.0 Å². The molecule has 3 rings (SSSR count). The molecule has 0 spiro atoms. The number of carbonyl (C=O) groups excluding carboxylic acids is 1. The number of aryl methyl sites for hydroxylation is 1. The molecule has 0 aliphatic carbocycles. The summed E-state index contributed by atoms with van der Waals surface area (Å²) >= 11 is 9.87. The summed E-state index contributed by atoms with van der Waals surface area (Å²) in [5.41, 5.74) is 5.58. The van der Waals surface area contributed by atoms with Crippen molar-refractivity contribution in [2.45, 2.75) is 18.2 Å². The molecule has 1 heterocycles. The molecule has 0 N–H and O–H groups in total. The molecule has 0 aromatic heterocycles. The quantitative estimate of drug-likeness (QED) is 0.710. The molecule has 4 heteroatoms. The Morgan fingerprint density at radius 1 is 1.24 bits per heavy atom. The number of anilines is 1. The number of fused-ring (bicyclic) bond motifs is 1. The average molecular weight is 365 g/mol. The van der Waals surface area contributed by atoms with Gasteiger partial charge in [0.1, 0.15) is 0 Å². The van der Waals surface area contributed by atoms with Gasteiger partial charge < -0.3 is 4.90 Å². The van der Waals surface area contributed by atoms with Crippen molar-refractivity contribution in [2.75, 3.05) is 11.9 Å². The van der Waals surface area contributed by atoms with Crippen molar-refractivity contribution < 1.29 is 4.79 Å². The highest BCUT2D eigenvalue weighted by Gasteiger charge is 2.25. The van der Waals surface area contributed by atoms with Crippen LogP contribution in [-0.2, 0) is 11.2 Å². The molecule has 0 saturated heterocycles. The Labute approximate surface area is 137 Å². The predicted molar refractivity (Wildman–Crippen MR) is 90.5 cm³/mol. The van der Waals surface area contributed by atoms with Crippen molar-refractivity contribution in [3.8, 4) is 0 Å². The molecule has 0 bridgehead atoms. The first-order chi connectivity index (χ1) is 9.97. The van der Waals surface area contributed by atoms with E-state index in [0.717, 1.165) is 27.4 Å². The lowest BCUT2D eigenvalue weighted by Gasteiger charge is -2.16. The van der Waals surface area contributed by atoms with E-state index < -0.39 is 0 Å². The van der Waals surface area contributed by atoms with Gasteiger partial charge in [0.05, 0.1) is 11.2 Å². The molecule has 1 aliphatic rings.